The van der Waals surface area contributed by atoms with E-state index in [1.54, 1.807) is 0 Å². The minimum atomic E-state index is 0.310. The summed E-state index contributed by atoms with van der Waals surface area (Å²) in [7, 11) is 4.13. The highest BCUT2D eigenvalue weighted by atomic mass is 79.9. The van der Waals surface area contributed by atoms with E-state index in [0.717, 1.165) is 15.5 Å². The Kier molecular flexibility index (Phi) is 5.85. The maximum Gasteiger partial charge on any atom is 0.0426 e. The van der Waals surface area contributed by atoms with Crippen LogP contribution in [0.15, 0.2) is 51.4 Å². The summed E-state index contributed by atoms with van der Waals surface area (Å²) in [5.41, 5.74) is 3.85. The Balaban J connectivity index is 2.26. The maximum atomic E-state index is 3.57. The topological polar surface area (TPSA) is 15.3 Å². The number of anilines is 1. The monoisotopic (exact) mass is 410 g/mol. The second kappa shape index (κ2) is 7.43. The molecule has 2 aromatic carbocycles. The van der Waals surface area contributed by atoms with Crippen molar-refractivity contribution >= 4 is 37.5 Å². The first-order chi connectivity index (χ1) is 10.0. The molecule has 2 nitrogen and oxygen atoms in total. The van der Waals surface area contributed by atoms with E-state index in [0.29, 0.717) is 6.04 Å². The van der Waals surface area contributed by atoms with E-state index in [1.165, 1.54) is 16.8 Å². The van der Waals surface area contributed by atoms with Crippen molar-refractivity contribution in [3.63, 3.8) is 0 Å². The number of rotatable bonds is 5. The minimum absolute atomic E-state index is 0.310. The van der Waals surface area contributed by atoms with Crippen molar-refractivity contribution in [2.75, 3.05) is 19.0 Å². The third-order valence-electron chi connectivity index (χ3n) is 3.63. The summed E-state index contributed by atoms with van der Waals surface area (Å²) >= 11 is 7.04. The third-order valence-corrected chi connectivity index (χ3v) is 4.66. The van der Waals surface area contributed by atoms with Crippen molar-refractivity contribution in [3.8, 4) is 0 Å². The van der Waals surface area contributed by atoms with Crippen LogP contribution in [0, 0.1) is 0 Å². The van der Waals surface area contributed by atoms with Crippen molar-refractivity contribution in [1.82, 2.24) is 5.32 Å². The molecule has 1 atom stereocenters. The summed E-state index contributed by atoms with van der Waals surface area (Å²) in [6.07, 6.45) is 0. The van der Waals surface area contributed by atoms with Gasteiger partial charge in [-0.2, -0.15) is 0 Å². The van der Waals surface area contributed by atoms with E-state index < -0.39 is 0 Å². The predicted octanol–water partition coefficient (Wildman–Crippen LogP) is 5.13. The van der Waals surface area contributed by atoms with Crippen LogP contribution in [-0.2, 0) is 6.54 Å². The number of nitrogens with zero attached hydrogens (tertiary/aromatic N) is 1. The first-order valence-corrected chi connectivity index (χ1v) is 8.52. The van der Waals surface area contributed by atoms with Gasteiger partial charge in [-0.15, -0.1) is 0 Å². The largest absolute Gasteiger partial charge is 0.370 e. The van der Waals surface area contributed by atoms with Gasteiger partial charge >= 0.3 is 0 Å². The zero-order valence-corrected chi connectivity index (χ0v) is 15.7. The molecule has 0 spiro atoms. The molecule has 0 aliphatic heterocycles. The van der Waals surface area contributed by atoms with Gasteiger partial charge in [0.25, 0.3) is 0 Å². The molecule has 21 heavy (non-hydrogen) atoms. The number of benzene rings is 2. The van der Waals surface area contributed by atoms with Crippen LogP contribution in [-0.4, -0.2) is 14.1 Å². The molecule has 112 valence electrons. The molecule has 1 N–H and O–H groups in total. The van der Waals surface area contributed by atoms with Gasteiger partial charge in [0.2, 0.25) is 0 Å². The molecule has 0 fully saturated rings. The normalized spacial score (nSPS) is 12.2. The first kappa shape index (κ1) is 16.5. The predicted molar refractivity (Wildman–Crippen MR) is 97.9 cm³/mol. The fourth-order valence-corrected chi connectivity index (χ4v) is 2.97. The molecule has 0 heterocycles. The highest BCUT2D eigenvalue weighted by molar-refractivity contribution is 9.10. The lowest BCUT2D eigenvalue weighted by Gasteiger charge is -2.25. The molecule has 2 aromatic rings. The standard InChI is InChI=1S/C17H20Br2N2/c1-12(20-2)16-10-15(19)8-9-17(16)21(3)11-13-4-6-14(18)7-5-13/h4-10,12,20H,11H2,1-3H3. The molecule has 0 amide bonds. The van der Waals surface area contributed by atoms with E-state index in [1.807, 2.05) is 7.05 Å². The Hall–Kier alpha value is -0.840. The number of halogens is 2. The lowest BCUT2D eigenvalue weighted by Crippen LogP contribution is -2.21. The average Bonchev–Trinajstić information content (AvgIpc) is 2.48. The van der Waals surface area contributed by atoms with Crippen LogP contribution in [0.4, 0.5) is 5.69 Å². The summed E-state index contributed by atoms with van der Waals surface area (Å²) in [6.45, 7) is 3.07. The Morgan fingerprint density at radius 1 is 1.05 bits per heavy atom. The van der Waals surface area contributed by atoms with Crippen molar-refractivity contribution in [3.05, 3.63) is 62.5 Å². The SMILES string of the molecule is CNC(C)c1cc(Br)ccc1N(C)Cc1ccc(Br)cc1. The Labute approximate surface area is 143 Å². The van der Waals surface area contributed by atoms with Gasteiger partial charge < -0.3 is 10.2 Å². The van der Waals surface area contributed by atoms with Gasteiger partial charge in [-0.1, -0.05) is 44.0 Å². The van der Waals surface area contributed by atoms with E-state index in [4.69, 9.17) is 0 Å². The molecule has 0 saturated carbocycles. The van der Waals surface area contributed by atoms with Gasteiger partial charge in [-0.3, -0.25) is 0 Å². The molecular weight excluding hydrogens is 392 g/mol. The van der Waals surface area contributed by atoms with Crippen LogP contribution in [0.25, 0.3) is 0 Å². The first-order valence-electron chi connectivity index (χ1n) is 6.93. The number of hydrogen-bond acceptors (Lipinski definition) is 2. The number of nitrogens with one attached hydrogen (secondary N) is 1. The van der Waals surface area contributed by atoms with Gasteiger partial charge in [-0.05, 0) is 55.4 Å². The molecule has 0 aliphatic rings. The van der Waals surface area contributed by atoms with Crippen LogP contribution in [0.3, 0.4) is 0 Å². The fraction of sp³-hybridized carbons (Fsp3) is 0.294. The molecule has 0 radical (unpaired) electrons. The molecule has 0 aliphatic carbocycles. The molecule has 0 bridgehead atoms. The van der Waals surface area contributed by atoms with Crippen LogP contribution < -0.4 is 10.2 Å². The van der Waals surface area contributed by atoms with E-state index in [9.17, 15) is 0 Å². The Bertz CT molecular complexity index is 596. The Morgan fingerprint density at radius 2 is 1.67 bits per heavy atom. The lowest BCUT2D eigenvalue weighted by molar-refractivity contribution is 0.649. The zero-order chi connectivity index (χ0) is 15.4. The fourth-order valence-electron chi connectivity index (χ4n) is 2.32. The molecular formula is C17H20Br2N2. The third kappa shape index (κ3) is 4.31. The highest BCUT2D eigenvalue weighted by Crippen LogP contribution is 2.29. The van der Waals surface area contributed by atoms with Gasteiger partial charge in [0, 0.05) is 34.3 Å². The Morgan fingerprint density at radius 3 is 2.29 bits per heavy atom. The highest BCUT2D eigenvalue weighted by Gasteiger charge is 2.13. The summed E-state index contributed by atoms with van der Waals surface area (Å²) < 4.78 is 2.22. The molecule has 2 rings (SSSR count). The maximum absolute atomic E-state index is 3.57. The van der Waals surface area contributed by atoms with Gasteiger partial charge in [0.1, 0.15) is 0 Å². The van der Waals surface area contributed by atoms with Crippen molar-refractivity contribution in [1.29, 1.82) is 0 Å². The van der Waals surface area contributed by atoms with Gasteiger partial charge in [0.05, 0.1) is 0 Å². The molecule has 0 saturated heterocycles. The minimum Gasteiger partial charge on any atom is -0.370 e. The lowest BCUT2D eigenvalue weighted by atomic mass is 10.0. The van der Waals surface area contributed by atoms with Crippen LogP contribution in [0.2, 0.25) is 0 Å². The number of hydrogen-bond donors (Lipinski definition) is 1. The quantitative estimate of drug-likeness (QED) is 0.733. The average molecular weight is 412 g/mol. The zero-order valence-electron chi connectivity index (χ0n) is 12.5. The second-order valence-electron chi connectivity index (χ2n) is 5.20. The summed E-state index contributed by atoms with van der Waals surface area (Å²) in [5, 5.41) is 3.32. The van der Waals surface area contributed by atoms with Crippen molar-refractivity contribution in [2.24, 2.45) is 0 Å². The smallest absolute Gasteiger partial charge is 0.0426 e. The van der Waals surface area contributed by atoms with Gasteiger partial charge in [-0.25, -0.2) is 0 Å². The molecule has 1 unspecified atom stereocenters. The van der Waals surface area contributed by atoms with Gasteiger partial charge in [0.15, 0.2) is 0 Å². The summed E-state index contributed by atoms with van der Waals surface area (Å²) in [6, 6.07) is 15.2. The second-order valence-corrected chi connectivity index (χ2v) is 7.03. The van der Waals surface area contributed by atoms with E-state index >= 15 is 0 Å². The van der Waals surface area contributed by atoms with Crippen LogP contribution in [0.5, 0.6) is 0 Å². The van der Waals surface area contributed by atoms with Crippen molar-refractivity contribution < 1.29 is 0 Å². The van der Waals surface area contributed by atoms with E-state index in [-0.39, 0.29) is 0 Å². The van der Waals surface area contributed by atoms with Crippen LogP contribution in [0.1, 0.15) is 24.1 Å². The molecule has 0 aromatic heterocycles. The van der Waals surface area contributed by atoms with E-state index in [2.05, 4.69) is 98.5 Å². The summed E-state index contributed by atoms with van der Waals surface area (Å²) in [5.74, 6) is 0. The van der Waals surface area contributed by atoms with Crippen LogP contribution >= 0.6 is 31.9 Å². The summed E-state index contributed by atoms with van der Waals surface area (Å²) in [4.78, 5) is 2.29. The molecule has 4 heteroatoms. The van der Waals surface area contributed by atoms with Crippen molar-refractivity contribution in [2.45, 2.75) is 19.5 Å².